The van der Waals surface area contributed by atoms with Gasteiger partial charge in [0.25, 0.3) is 0 Å². The number of rotatable bonds is 6. The normalized spacial score (nSPS) is 12.3. The molecule has 1 aromatic carbocycles. The van der Waals surface area contributed by atoms with Crippen molar-refractivity contribution in [1.82, 2.24) is 20.1 Å². The number of aliphatic hydroxyl groups excluding tert-OH is 1. The Morgan fingerprint density at radius 3 is 2.87 bits per heavy atom. The van der Waals surface area contributed by atoms with E-state index in [0.717, 1.165) is 22.5 Å². The van der Waals surface area contributed by atoms with Crippen molar-refractivity contribution < 1.29 is 5.11 Å². The van der Waals surface area contributed by atoms with Crippen LogP contribution in [-0.4, -0.2) is 19.9 Å². The summed E-state index contributed by atoms with van der Waals surface area (Å²) in [5.74, 6) is 0.835. The quantitative estimate of drug-likeness (QED) is 0.735. The van der Waals surface area contributed by atoms with E-state index in [0.29, 0.717) is 6.54 Å². The molecule has 5 nitrogen and oxygen atoms in total. The van der Waals surface area contributed by atoms with Gasteiger partial charge in [0.15, 0.2) is 5.82 Å². The van der Waals surface area contributed by atoms with Crippen molar-refractivity contribution in [2.45, 2.75) is 26.1 Å². The van der Waals surface area contributed by atoms with Gasteiger partial charge in [0.1, 0.15) is 0 Å². The van der Waals surface area contributed by atoms with Crippen LogP contribution in [0.15, 0.2) is 61.1 Å². The molecule has 2 N–H and O–H groups in total. The highest BCUT2D eigenvalue weighted by molar-refractivity contribution is 5.33. The molecule has 0 aliphatic heterocycles. The number of pyridine rings is 1. The average Bonchev–Trinajstić information content (AvgIpc) is 3.14. The summed E-state index contributed by atoms with van der Waals surface area (Å²) < 4.78 is 1.77. The van der Waals surface area contributed by atoms with Crippen molar-refractivity contribution in [2.75, 3.05) is 0 Å². The van der Waals surface area contributed by atoms with Gasteiger partial charge in [0.05, 0.1) is 6.61 Å². The summed E-state index contributed by atoms with van der Waals surface area (Å²) >= 11 is 0. The van der Waals surface area contributed by atoms with E-state index in [4.69, 9.17) is 0 Å². The number of nitrogens with one attached hydrogen (secondary N) is 1. The SMILES string of the molecule is CC(NCc1cccnc1-n1cccn1)c1cccc(CO)c1. The predicted molar refractivity (Wildman–Crippen MR) is 89.0 cm³/mol. The summed E-state index contributed by atoms with van der Waals surface area (Å²) in [7, 11) is 0. The van der Waals surface area contributed by atoms with Crippen LogP contribution in [-0.2, 0) is 13.2 Å². The fourth-order valence-electron chi connectivity index (χ4n) is 2.51. The van der Waals surface area contributed by atoms with E-state index < -0.39 is 0 Å². The monoisotopic (exact) mass is 308 g/mol. The summed E-state index contributed by atoms with van der Waals surface area (Å²) in [6, 6.07) is 14.0. The van der Waals surface area contributed by atoms with E-state index in [1.165, 1.54) is 0 Å². The number of hydrogen-bond donors (Lipinski definition) is 2. The van der Waals surface area contributed by atoms with Crippen molar-refractivity contribution in [3.63, 3.8) is 0 Å². The summed E-state index contributed by atoms with van der Waals surface area (Å²) in [5.41, 5.74) is 3.16. The molecule has 0 spiro atoms. The lowest BCUT2D eigenvalue weighted by Gasteiger charge is -2.16. The Labute approximate surface area is 135 Å². The van der Waals surface area contributed by atoms with Gasteiger partial charge < -0.3 is 10.4 Å². The molecule has 0 aliphatic carbocycles. The number of nitrogens with zero attached hydrogens (tertiary/aromatic N) is 3. The van der Waals surface area contributed by atoms with Crippen LogP contribution < -0.4 is 5.32 Å². The van der Waals surface area contributed by atoms with Crippen LogP contribution in [0.1, 0.15) is 29.7 Å². The first-order valence-corrected chi connectivity index (χ1v) is 7.65. The summed E-state index contributed by atoms with van der Waals surface area (Å²) in [5, 5.41) is 17.0. The third-order valence-corrected chi connectivity index (χ3v) is 3.82. The zero-order chi connectivity index (χ0) is 16.1. The van der Waals surface area contributed by atoms with E-state index in [9.17, 15) is 5.11 Å². The van der Waals surface area contributed by atoms with Crippen LogP contribution in [0.25, 0.3) is 5.82 Å². The van der Waals surface area contributed by atoms with Gasteiger partial charge in [-0.25, -0.2) is 9.67 Å². The van der Waals surface area contributed by atoms with Crippen LogP contribution in [0.2, 0.25) is 0 Å². The third kappa shape index (κ3) is 3.64. The molecule has 0 radical (unpaired) electrons. The lowest BCUT2D eigenvalue weighted by atomic mass is 10.1. The van der Waals surface area contributed by atoms with Crippen LogP contribution in [0.4, 0.5) is 0 Å². The number of aliphatic hydroxyl groups is 1. The van der Waals surface area contributed by atoms with Crippen molar-refractivity contribution in [2.24, 2.45) is 0 Å². The molecule has 5 heteroatoms. The highest BCUT2D eigenvalue weighted by atomic mass is 16.3. The zero-order valence-corrected chi connectivity index (χ0v) is 13.1. The molecular formula is C18H20N4O. The standard InChI is InChI=1S/C18H20N4O/c1-14(16-6-2-5-15(11-16)13-23)20-12-17-7-3-8-19-18(17)22-10-4-9-21-22/h2-11,14,20,23H,12-13H2,1H3. The molecule has 3 rings (SSSR count). The molecule has 2 aromatic heterocycles. The van der Waals surface area contributed by atoms with E-state index in [1.54, 1.807) is 17.1 Å². The molecule has 3 aromatic rings. The smallest absolute Gasteiger partial charge is 0.157 e. The number of aromatic nitrogens is 3. The van der Waals surface area contributed by atoms with Gasteiger partial charge in [0.2, 0.25) is 0 Å². The molecule has 1 unspecified atom stereocenters. The Morgan fingerprint density at radius 1 is 1.17 bits per heavy atom. The second kappa shape index (κ2) is 7.17. The molecule has 0 amide bonds. The molecule has 1 atom stereocenters. The van der Waals surface area contributed by atoms with Gasteiger partial charge in [-0.15, -0.1) is 0 Å². The first-order chi connectivity index (χ1) is 11.3. The second-order valence-electron chi connectivity index (χ2n) is 5.44. The van der Waals surface area contributed by atoms with Gasteiger partial charge in [0, 0.05) is 36.7 Å². The largest absolute Gasteiger partial charge is 0.392 e. The van der Waals surface area contributed by atoms with Crippen molar-refractivity contribution in [3.8, 4) is 5.82 Å². The summed E-state index contributed by atoms with van der Waals surface area (Å²) in [6.45, 7) is 2.86. The maximum Gasteiger partial charge on any atom is 0.157 e. The Bertz CT molecular complexity index is 755. The summed E-state index contributed by atoms with van der Waals surface area (Å²) in [6.07, 6.45) is 5.41. The molecule has 0 fully saturated rings. The minimum absolute atomic E-state index is 0.0621. The van der Waals surface area contributed by atoms with Crippen molar-refractivity contribution in [3.05, 3.63) is 77.7 Å². The van der Waals surface area contributed by atoms with Crippen molar-refractivity contribution >= 4 is 0 Å². The lowest BCUT2D eigenvalue weighted by molar-refractivity contribution is 0.281. The minimum Gasteiger partial charge on any atom is -0.392 e. The summed E-state index contributed by atoms with van der Waals surface area (Å²) in [4.78, 5) is 4.43. The van der Waals surface area contributed by atoms with E-state index >= 15 is 0 Å². The van der Waals surface area contributed by atoms with Crippen LogP contribution in [0.3, 0.4) is 0 Å². The Hall–Kier alpha value is -2.50. The van der Waals surface area contributed by atoms with Gasteiger partial charge in [-0.3, -0.25) is 0 Å². The topological polar surface area (TPSA) is 63.0 Å². The molecule has 0 saturated heterocycles. The Kier molecular flexibility index (Phi) is 4.80. The average molecular weight is 308 g/mol. The van der Waals surface area contributed by atoms with Crippen molar-refractivity contribution in [1.29, 1.82) is 0 Å². The van der Waals surface area contributed by atoms with Crippen LogP contribution in [0.5, 0.6) is 0 Å². The molecule has 0 aliphatic rings. The van der Waals surface area contributed by atoms with E-state index in [2.05, 4.69) is 28.4 Å². The van der Waals surface area contributed by atoms with Gasteiger partial charge in [-0.05, 0) is 30.2 Å². The molecular weight excluding hydrogens is 288 g/mol. The molecule has 23 heavy (non-hydrogen) atoms. The van der Waals surface area contributed by atoms with Gasteiger partial charge in [-0.2, -0.15) is 5.10 Å². The third-order valence-electron chi connectivity index (χ3n) is 3.82. The molecule has 118 valence electrons. The number of benzene rings is 1. The maximum atomic E-state index is 9.26. The Morgan fingerprint density at radius 2 is 2.09 bits per heavy atom. The highest BCUT2D eigenvalue weighted by Gasteiger charge is 2.09. The first kappa shape index (κ1) is 15.4. The fraction of sp³-hybridized carbons (Fsp3) is 0.222. The zero-order valence-electron chi connectivity index (χ0n) is 13.1. The lowest BCUT2D eigenvalue weighted by Crippen LogP contribution is -2.19. The van der Waals surface area contributed by atoms with Gasteiger partial charge >= 0.3 is 0 Å². The minimum atomic E-state index is 0.0621. The van der Waals surface area contributed by atoms with E-state index in [1.807, 2.05) is 42.6 Å². The van der Waals surface area contributed by atoms with Crippen LogP contribution >= 0.6 is 0 Å². The Balaban J connectivity index is 1.73. The highest BCUT2D eigenvalue weighted by Crippen LogP contribution is 2.16. The van der Waals surface area contributed by atoms with Crippen LogP contribution in [0, 0.1) is 0 Å². The number of hydrogen-bond acceptors (Lipinski definition) is 4. The maximum absolute atomic E-state index is 9.26. The molecule has 2 heterocycles. The predicted octanol–water partition coefficient (Wildman–Crippen LogP) is 2.61. The molecule has 0 bridgehead atoms. The van der Waals surface area contributed by atoms with E-state index in [-0.39, 0.29) is 12.6 Å². The first-order valence-electron chi connectivity index (χ1n) is 7.65. The van der Waals surface area contributed by atoms with Gasteiger partial charge in [-0.1, -0.05) is 30.3 Å². The molecule has 0 saturated carbocycles. The fourth-order valence-corrected chi connectivity index (χ4v) is 2.51. The second-order valence-corrected chi connectivity index (χ2v) is 5.44.